The number of ether oxygens (including phenoxy) is 1. The molecular formula is C22H17BrN2O3. The van der Waals surface area contributed by atoms with Gasteiger partial charge in [0.1, 0.15) is 11.3 Å². The molecule has 0 saturated heterocycles. The van der Waals surface area contributed by atoms with Gasteiger partial charge in [0.25, 0.3) is 0 Å². The van der Waals surface area contributed by atoms with Gasteiger partial charge in [-0.25, -0.2) is 4.79 Å². The SMILES string of the molecule is Cc1cc(Br)ccc1NC(=O)OCc1cc2cc(-c3cccnc3)ccc2o1. The highest BCUT2D eigenvalue weighted by Gasteiger charge is 2.10. The Bertz CT molecular complexity index is 1140. The van der Waals surface area contributed by atoms with E-state index in [2.05, 4.69) is 26.2 Å². The monoisotopic (exact) mass is 436 g/mol. The maximum absolute atomic E-state index is 12.1. The van der Waals surface area contributed by atoms with Crippen LogP contribution >= 0.6 is 15.9 Å². The fraction of sp³-hybridized carbons (Fsp3) is 0.0909. The molecule has 4 rings (SSSR count). The van der Waals surface area contributed by atoms with Gasteiger partial charge in [-0.1, -0.05) is 28.1 Å². The highest BCUT2D eigenvalue weighted by molar-refractivity contribution is 9.10. The summed E-state index contributed by atoms with van der Waals surface area (Å²) in [5, 5.41) is 3.69. The Morgan fingerprint density at radius 2 is 2.04 bits per heavy atom. The van der Waals surface area contributed by atoms with Crippen LogP contribution in [0.3, 0.4) is 0 Å². The number of benzene rings is 2. The van der Waals surface area contributed by atoms with Crippen LogP contribution in [0.1, 0.15) is 11.3 Å². The summed E-state index contributed by atoms with van der Waals surface area (Å²) in [5.74, 6) is 0.584. The van der Waals surface area contributed by atoms with Crippen LogP contribution in [0, 0.1) is 6.92 Å². The third-order valence-corrected chi connectivity index (χ3v) is 4.83. The van der Waals surface area contributed by atoms with E-state index in [1.54, 1.807) is 6.20 Å². The lowest BCUT2D eigenvalue weighted by atomic mass is 10.1. The Balaban J connectivity index is 1.44. The standard InChI is InChI=1S/C22H17BrN2O3/c1-14-9-18(23)5-6-20(14)25-22(26)27-13-19-11-17-10-15(4-7-21(17)28-19)16-3-2-8-24-12-16/h2-12H,13H2,1H3,(H,25,26). The maximum atomic E-state index is 12.1. The summed E-state index contributed by atoms with van der Waals surface area (Å²) in [5.41, 5.74) is 4.48. The number of furan rings is 1. The Labute approximate surface area is 170 Å². The molecule has 6 heteroatoms. The molecule has 5 nitrogen and oxygen atoms in total. The molecule has 0 spiro atoms. The van der Waals surface area contributed by atoms with Gasteiger partial charge in [-0.05, 0) is 60.5 Å². The van der Waals surface area contributed by atoms with E-state index >= 15 is 0 Å². The summed E-state index contributed by atoms with van der Waals surface area (Å²) in [4.78, 5) is 16.2. The van der Waals surface area contributed by atoms with Crippen molar-refractivity contribution in [3.05, 3.63) is 82.8 Å². The van der Waals surface area contributed by atoms with Gasteiger partial charge in [0.2, 0.25) is 0 Å². The lowest BCUT2D eigenvalue weighted by Crippen LogP contribution is -2.14. The first-order valence-corrected chi connectivity index (χ1v) is 9.50. The van der Waals surface area contributed by atoms with E-state index in [1.807, 2.05) is 67.7 Å². The molecule has 0 atom stereocenters. The van der Waals surface area contributed by atoms with Crippen LogP contribution in [-0.2, 0) is 11.3 Å². The number of halogens is 1. The van der Waals surface area contributed by atoms with Crippen molar-refractivity contribution >= 4 is 38.7 Å². The van der Waals surface area contributed by atoms with Crippen molar-refractivity contribution in [2.75, 3.05) is 5.32 Å². The maximum Gasteiger partial charge on any atom is 0.412 e. The van der Waals surface area contributed by atoms with E-state index in [0.717, 1.165) is 32.1 Å². The topological polar surface area (TPSA) is 64.4 Å². The van der Waals surface area contributed by atoms with Crippen LogP contribution in [0.15, 0.2) is 75.9 Å². The minimum atomic E-state index is -0.526. The lowest BCUT2D eigenvalue weighted by molar-refractivity contribution is 0.147. The second kappa shape index (κ2) is 7.86. The quantitative estimate of drug-likeness (QED) is 0.406. The van der Waals surface area contributed by atoms with Gasteiger partial charge in [-0.15, -0.1) is 0 Å². The zero-order valence-electron chi connectivity index (χ0n) is 15.1. The lowest BCUT2D eigenvalue weighted by Gasteiger charge is -2.08. The molecule has 0 fully saturated rings. The van der Waals surface area contributed by atoms with Crippen molar-refractivity contribution in [3.63, 3.8) is 0 Å². The van der Waals surface area contributed by atoms with E-state index in [0.29, 0.717) is 11.4 Å². The van der Waals surface area contributed by atoms with Gasteiger partial charge in [0, 0.05) is 33.5 Å². The molecule has 0 radical (unpaired) electrons. The summed E-state index contributed by atoms with van der Waals surface area (Å²) in [7, 11) is 0. The van der Waals surface area contributed by atoms with Crippen LogP contribution in [0.25, 0.3) is 22.1 Å². The Hall–Kier alpha value is -3.12. The fourth-order valence-electron chi connectivity index (χ4n) is 2.93. The van der Waals surface area contributed by atoms with E-state index < -0.39 is 6.09 Å². The number of aromatic nitrogens is 1. The van der Waals surface area contributed by atoms with Crippen molar-refractivity contribution in [2.24, 2.45) is 0 Å². The van der Waals surface area contributed by atoms with Crippen LogP contribution in [-0.4, -0.2) is 11.1 Å². The molecule has 0 saturated carbocycles. The smallest absolute Gasteiger partial charge is 0.412 e. The van der Waals surface area contributed by atoms with Crippen LogP contribution in [0.4, 0.5) is 10.5 Å². The Morgan fingerprint density at radius 3 is 2.82 bits per heavy atom. The molecule has 2 aromatic heterocycles. The largest absolute Gasteiger partial charge is 0.457 e. The number of nitrogens with zero attached hydrogens (tertiary/aromatic N) is 1. The number of pyridine rings is 1. The number of rotatable bonds is 4. The Morgan fingerprint density at radius 1 is 1.14 bits per heavy atom. The molecule has 0 bridgehead atoms. The minimum Gasteiger partial charge on any atom is -0.457 e. The summed E-state index contributed by atoms with van der Waals surface area (Å²) in [6, 6.07) is 17.3. The third-order valence-electron chi connectivity index (χ3n) is 4.33. The minimum absolute atomic E-state index is 0.0539. The van der Waals surface area contributed by atoms with Crippen LogP contribution in [0.2, 0.25) is 0 Å². The summed E-state index contributed by atoms with van der Waals surface area (Å²) >= 11 is 3.40. The van der Waals surface area contributed by atoms with Crippen molar-refractivity contribution in [2.45, 2.75) is 13.5 Å². The van der Waals surface area contributed by atoms with Gasteiger partial charge < -0.3 is 9.15 Å². The average Bonchev–Trinajstić information content (AvgIpc) is 3.11. The molecule has 0 aliphatic rings. The molecule has 28 heavy (non-hydrogen) atoms. The number of fused-ring (bicyclic) bond motifs is 1. The molecule has 1 amide bonds. The number of nitrogens with one attached hydrogen (secondary N) is 1. The van der Waals surface area contributed by atoms with Crippen molar-refractivity contribution in [1.82, 2.24) is 4.98 Å². The highest BCUT2D eigenvalue weighted by Crippen LogP contribution is 2.27. The Kier molecular flexibility index (Phi) is 5.12. The van der Waals surface area contributed by atoms with Gasteiger partial charge in [-0.2, -0.15) is 0 Å². The molecule has 0 unspecified atom stereocenters. The predicted molar refractivity (Wildman–Crippen MR) is 112 cm³/mol. The number of hydrogen-bond donors (Lipinski definition) is 1. The first-order valence-electron chi connectivity index (χ1n) is 8.71. The van der Waals surface area contributed by atoms with Crippen molar-refractivity contribution < 1.29 is 13.9 Å². The first-order chi connectivity index (χ1) is 13.6. The van der Waals surface area contributed by atoms with Crippen LogP contribution in [0.5, 0.6) is 0 Å². The number of amides is 1. The molecule has 140 valence electrons. The number of carbonyl (C=O) groups is 1. The third kappa shape index (κ3) is 4.07. The first kappa shape index (κ1) is 18.3. The van der Waals surface area contributed by atoms with Crippen molar-refractivity contribution in [3.8, 4) is 11.1 Å². The normalized spacial score (nSPS) is 10.8. The van der Waals surface area contributed by atoms with Gasteiger partial charge in [0.15, 0.2) is 6.61 Å². The summed E-state index contributed by atoms with van der Waals surface area (Å²) in [6.45, 7) is 1.97. The van der Waals surface area contributed by atoms with E-state index in [1.165, 1.54) is 0 Å². The van der Waals surface area contributed by atoms with E-state index in [4.69, 9.17) is 9.15 Å². The number of carbonyl (C=O) groups excluding carboxylic acids is 1. The fourth-order valence-corrected chi connectivity index (χ4v) is 3.41. The number of hydrogen-bond acceptors (Lipinski definition) is 4. The number of anilines is 1. The van der Waals surface area contributed by atoms with E-state index in [-0.39, 0.29) is 6.61 Å². The second-order valence-corrected chi connectivity index (χ2v) is 7.28. The second-order valence-electron chi connectivity index (χ2n) is 6.37. The van der Waals surface area contributed by atoms with Crippen LogP contribution < -0.4 is 5.32 Å². The zero-order chi connectivity index (χ0) is 19.5. The van der Waals surface area contributed by atoms with Gasteiger partial charge >= 0.3 is 6.09 Å². The summed E-state index contributed by atoms with van der Waals surface area (Å²) in [6.07, 6.45) is 3.04. The van der Waals surface area contributed by atoms with Gasteiger partial charge in [-0.3, -0.25) is 10.3 Å². The zero-order valence-corrected chi connectivity index (χ0v) is 16.7. The molecule has 2 heterocycles. The molecule has 2 aromatic carbocycles. The molecular weight excluding hydrogens is 420 g/mol. The molecule has 1 N–H and O–H groups in total. The van der Waals surface area contributed by atoms with Crippen molar-refractivity contribution in [1.29, 1.82) is 0 Å². The predicted octanol–water partition coefficient (Wildman–Crippen LogP) is 6.31. The molecule has 0 aliphatic heterocycles. The average molecular weight is 437 g/mol. The summed E-state index contributed by atoms with van der Waals surface area (Å²) < 4.78 is 12.0. The van der Waals surface area contributed by atoms with Gasteiger partial charge in [0.05, 0.1) is 0 Å². The molecule has 0 aliphatic carbocycles. The highest BCUT2D eigenvalue weighted by atomic mass is 79.9. The number of aryl methyl sites for hydroxylation is 1. The van der Waals surface area contributed by atoms with E-state index in [9.17, 15) is 4.79 Å². The molecule has 4 aromatic rings.